The van der Waals surface area contributed by atoms with E-state index in [2.05, 4.69) is 332 Å². The van der Waals surface area contributed by atoms with Crippen molar-refractivity contribution in [1.82, 2.24) is 0 Å². The van der Waals surface area contributed by atoms with Crippen LogP contribution in [-0.2, 0) is 11.8 Å². The molecule has 0 atom stereocenters. The summed E-state index contributed by atoms with van der Waals surface area (Å²) in [4.78, 5) is 0. The first kappa shape index (κ1) is 69.8. The number of rotatable bonds is 12. The number of furan rings is 1. The van der Waals surface area contributed by atoms with E-state index in [4.69, 9.17) is 4.42 Å². The molecule has 0 saturated carbocycles. The second-order valence-corrected chi connectivity index (χ2v) is 24.3. The van der Waals surface area contributed by atoms with Crippen LogP contribution < -0.4 is 0 Å². The molecule has 474 valence electrons. The lowest BCUT2D eigenvalue weighted by atomic mass is 9.67. The maximum Gasteiger partial charge on any atom is 0.112 e. The molecular formula is C93H96O. The van der Waals surface area contributed by atoms with Crippen LogP contribution in [0.1, 0.15) is 138 Å². The van der Waals surface area contributed by atoms with Gasteiger partial charge in [-0.25, -0.2) is 0 Å². The minimum absolute atomic E-state index is 0.374. The van der Waals surface area contributed by atoms with Gasteiger partial charge in [-0.1, -0.05) is 351 Å². The lowest BCUT2D eigenvalue weighted by molar-refractivity contribution is 0.480. The molecule has 0 unspecified atom stereocenters. The molecule has 11 aromatic rings. The fraction of sp³-hybridized carbons (Fsp3) is 0.183. The molecule has 2 aliphatic rings. The average Bonchev–Trinajstić information content (AvgIpc) is 1.52. The molecule has 10 aromatic carbocycles. The highest BCUT2D eigenvalue weighted by molar-refractivity contribution is 6.01. The summed E-state index contributed by atoms with van der Waals surface area (Å²) in [5.41, 5.74) is 29.3. The number of allylic oxidation sites excluding steroid dienone is 7. The first-order valence-electron chi connectivity index (χ1n) is 33.5. The van der Waals surface area contributed by atoms with Gasteiger partial charge in [0.25, 0.3) is 0 Å². The van der Waals surface area contributed by atoms with Gasteiger partial charge in [-0.2, -0.15) is 0 Å². The summed E-state index contributed by atoms with van der Waals surface area (Å²) in [5, 5.41) is 2.58. The van der Waals surface area contributed by atoms with Crippen LogP contribution in [0, 0.1) is 47.5 Å². The topological polar surface area (TPSA) is 13.1 Å². The molecular weight excluding hydrogens is 1130 g/mol. The zero-order valence-corrected chi connectivity index (χ0v) is 57.9. The predicted molar refractivity (Wildman–Crippen MR) is 414 cm³/mol. The van der Waals surface area contributed by atoms with Crippen molar-refractivity contribution in [3.63, 3.8) is 0 Å². The molecule has 1 aromatic heterocycles. The molecule has 94 heavy (non-hydrogen) atoms. The largest absolute Gasteiger partial charge is 0.465 e. The van der Waals surface area contributed by atoms with E-state index in [1.807, 2.05) is 44.2 Å². The standard InChI is InChI=1S/C31H26.C23H18.C15H20O.C14H14.C8H12.C2H6/c1-5-25-22(4)20-29-30(26(25)6-2)27-18-17-21(3)19-28(27)31(29,23-13-9-7-10-14-23)24-15-11-8-12-16-24;1-17-14-15-22(23(16-17)19-8-3-2-4-9-19)21-13-7-11-18-10-5-6-12-20(18)21;1-5-7-13-11(4)16-14-9-6-8-12(10(2)3)15(13)14;1-11-8-9-14(12(2)10-11)13-6-4-3-5-7-13;1-4-7-8(5-2)6-3;1-2/h5-20H,1-2H2,3-4H3;2-16H,1H3;5,7-8,10H,6,9H2,1-4H3;3-10H,1-2H3;4-5,7H,1-2,6H2,3H3;1-2H3/b;;7-5-;;8-7+;. The van der Waals surface area contributed by atoms with Crippen molar-refractivity contribution < 1.29 is 4.42 Å². The fourth-order valence-electron chi connectivity index (χ4n) is 13.3. The monoisotopic (exact) mass is 1230 g/mol. The lowest BCUT2D eigenvalue weighted by Crippen LogP contribution is -2.28. The molecule has 0 radical (unpaired) electrons. The Kier molecular flexibility index (Phi) is 24.9. The highest BCUT2D eigenvalue weighted by atomic mass is 16.3. The zero-order chi connectivity index (χ0) is 67.3. The van der Waals surface area contributed by atoms with Crippen LogP contribution in [0.25, 0.3) is 79.1 Å². The summed E-state index contributed by atoms with van der Waals surface area (Å²) >= 11 is 0. The third kappa shape index (κ3) is 15.5. The molecule has 0 bridgehead atoms. The van der Waals surface area contributed by atoms with Gasteiger partial charge in [0.05, 0.1) is 5.41 Å². The summed E-state index contributed by atoms with van der Waals surface area (Å²) in [7, 11) is 0. The number of hydrogen-bond acceptors (Lipinski definition) is 1. The molecule has 0 spiro atoms. The summed E-state index contributed by atoms with van der Waals surface area (Å²) in [5.74, 6) is 2.80. The van der Waals surface area contributed by atoms with Crippen molar-refractivity contribution in [2.45, 2.75) is 108 Å². The summed E-state index contributed by atoms with van der Waals surface area (Å²) in [6.45, 7) is 41.0. The minimum Gasteiger partial charge on any atom is -0.465 e. The molecule has 1 nitrogen and oxygen atoms in total. The van der Waals surface area contributed by atoms with Crippen molar-refractivity contribution in [1.29, 1.82) is 0 Å². The molecule has 2 aliphatic carbocycles. The van der Waals surface area contributed by atoms with E-state index >= 15 is 0 Å². The van der Waals surface area contributed by atoms with Gasteiger partial charge in [0.15, 0.2) is 0 Å². The molecule has 1 heterocycles. The molecule has 0 N–H and O–H groups in total. The number of benzene rings is 10. The van der Waals surface area contributed by atoms with Gasteiger partial charge < -0.3 is 4.42 Å². The Hall–Kier alpha value is -10.1. The minimum atomic E-state index is -0.374. The fourth-order valence-corrected chi connectivity index (χ4v) is 13.3. The van der Waals surface area contributed by atoms with Crippen LogP contribution in [0.5, 0.6) is 0 Å². The van der Waals surface area contributed by atoms with E-state index in [0.717, 1.165) is 30.6 Å². The van der Waals surface area contributed by atoms with Gasteiger partial charge in [-0.15, -0.1) is 0 Å². The van der Waals surface area contributed by atoms with Gasteiger partial charge in [0, 0.05) is 17.5 Å². The van der Waals surface area contributed by atoms with Gasteiger partial charge in [-0.05, 0) is 178 Å². The SMILES string of the molecule is C/C=C\c1c(C)oc2c1C(C(C)C)=CCC2.C=C/C=C(\C=C)CC.C=Cc1c(C)cc2c(c1C=C)-c1ccc(C)cc1C2(c1ccccc1)c1ccccc1.CC.Cc1ccc(-c2cccc3ccccc23)c(-c2ccccc2)c1.Cc1ccc(-c2ccccc2)c(C)c1. The van der Waals surface area contributed by atoms with E-state index in [-0.39, 0.29) is 5.41 Å². The molecule has 0 amide bonds. The van der Waals surface area contributed by atoms with Crippen LogP contribution in [0.15, 0.2) is 291 Å². The molecule has 0 saturated heterocycles. The Bertz CT molecular complexity index is 4420. The van der Waals surface area contributed by atoms with Crippen molar-refractivity contribution in [2.75, 3.05) is 0 Å². The maximum absolute atomic E-state index is 5.88. The van der Waals surface area contributed by atoms with Crippen molar-refractivity contribution in [3.05, 3.63) is 371 Å². The summed E-state index contributed by atoms with van der Waals surface area (Å²) in [6, 6.07) is 80.6. The summed E-state index contributed by atoms with van der Waals surface area (Å²) < 4.78 is 5.88. The van der Waals surface area contributed by atoms with Crippen molar-refractivity contribution in [3.8, 4) is 44.5 Å². The first-order chi connectivity index (χ1) is 45.7. The van der Waals surface area contributed by atoms with Crippen LogP contribution in [0.3, 0.4) is 0 Å². The van der Waals surface area contributed by atoms with E-state index in [1.54, 1.807) is 6.08 Å². The van der Waals surface area contributed by atoms with E-state index in [0.29, 0.717) is 5.92 Å². The van der Waals surface area contributed by atoms with Crippen LogP contribution >= 0.6 is 0 Å². The molecule has 0 fully saturated rings. The maximum atomic E-state index is 5.88. The quantitative estimate of drug-likeness (QED) is 0.111. The molecule has 1 heteroatoms. The smallest absolute Gasteiger partial charge is 0.112 e. The predicted octanol–water partition coefficient (Wildman–Crippen LogP) is 26.7. The van der Waals surface area contributed by atoms with Crippen LogP contribution in [0.4, 0.5) is 0 Å². The van der Waals surface area contributed by atoms with Gasteiger partial charge >= 0.3 is 0 Å². The Morgan fingerprint density at radius 3 is 1.57 bits per heavy atom. The van der Waals surface area contributed by atoms with Gasteiger partial charge in [0.2, 0.25) is 0 Å². The van der Waals surface area contributed by atoms with E-state index in [1.165, 1.54) is 139 Å². The second-order valence-electron chi connectivity index (χ2n) is 24.3. The zero-order valence-electron chi connectivity index (χ0n) is 57.9. The third-order valence-corrected chi connectivity index (χ3v) is 17.7. The Labute approximate surface area is 564 Å². The Balaban J connectivity index is 0.000000159. The molecule has 0 aliphatic heterocycles. The van der Waals surface area contributed by atoms with Gasteiger partial charge in [0.1, 0.15) is 11.5 Å². The van der Waals surface area contributed by atoms with Crippen LogP contribution in [0.2, 0.25) is 0 Å². The van der Waals surface area contributed by atoms with E-state index in [9.17, 15) is 0 Å². The van der Waals surface area contributed by atoms with Gasteiger partial charge in [-0.3, -0.25) is 0 Å². The normalized spacial score (nSPS) is 12.2. The van der Waals surface area contributed by atoms with Crippen molar-refractivity contribution >= 4 is 34.6 Å². The number of hydrogen-bond donors (Lipinski definition) is 0. The second kappa shape index (κ2) is 33.5. The first-order valence-corrected chi connectivity index (χ1v) is 33.5. The summed E-state index contributed by atoms with van der Waals surface area (Å²) in [6.07, 6.45) is 19.4. The third-order valence-electron chi connectivity index (χ3n) is 17.7. The lowest BCUT2D eigenvalue weighted by Gasteiger charge is -2.34. The Morgan fingerprint density at radius 1 is 0.500 bits per heavy atom. The van der Waals surface area contributed by atoms with Crippen molar-refractivity contribution in [2.24, 2.45) is 5.92 Å². The number of aryl methyl sites for hydroxylation is 7. The van der Waals surface area contributed by atoms with E-state index < -0.39 is 0 Å². The highest BCUT2D eigenvalue weighted by Crippen LogP contribution is 2.58. The Morgan fingerprint density at radius 2 is 1.03 bits per heavy atom. The number of fused-ring (bicyclic) bond motifs is 5. The highest BCUT2D eigenvalue weighted by Gasteiger charge is 2.47. The molecule has 13 rings (SSSR count). The average molecular weight is 1230 g/mol. The van der Waals surface area contributed by atoms with Crippen LogP contribution in [-0.4, -0.2) is 0 Å².